The zero-order valence-corrected chi connectivity index (χ0v) is 19.0. The first kappa shape index (κ1) is 22.4. The predicted octanol–water partition coefficient (Wildman–Crippen LogP) is 4.06. The van der Waals surface area contributed by atoms with E-state index in [2.05, 4.69) is 34.9 Å². The van der Waals surface area contributed by atoms with Crippen LogP contribution in [0.25, 0.3) is 11.1 Å². The third kappa shape index (κ3) is 4.52. The fraction of sp³-hybridized carbons (Fsp3) is 0.444. The van der Waals surface area contributed by atoms with Crippen molar-refractivity contribution in [2.75, 3.05) is 6.61 Å². The molecule has 0 unspecified atom stereocenters. The molecule has 2 saturated carbocycles. The number of ether oxygens (including phenoxy) is 1. The summed E-state index contributed by atoms with van der Waals surface area (Å²) in [6, 6.07) is 16.2. The Kier molecular flexibility index (Phi) is 6.26. The fourth-order valence-electron chi connectivity index (χ4n) is 5.78. The lowest BCUT2D eigenvalue weighted by atomic mass is 9.78. The standard InChI is InChI=1S/C27H30N2O5/c30-25(29-24-11-5-10-22(24)26(31)32)14-16-12-17(13-16)28-27(33)34-15-23-20-8-3-1-6-18(20)19-7-2-4-9-21(19)23/h1-4,6-9,16-17,22-24H,5,10-15H2,(H,28,33)(H,29,30)(H,31,32)/t16?,17?,22-,24+/m0/s1. The van der Waals surface area contributed by atoms with E-state index >= 15 is 0 Å². The van der Waals surface area contributed by atoms with Gasteiger partial charge < -0.3 is 20.5 Å². The van der Waals surface area contributed by atoms with Gasteiger partial charge >= 0.3 is 12.1 Å². The van der Waals surface area contributed by atoms with E-state index in [0.717, 1.165) is 25.7 Å². The third-order valence-corrected chi connectivity index (χ3v) is 7.55. The fourth-order valence-corrected chi connectivity index (χ4v) is 5.78. The SMILES string of the molecule is O=C(CC1CC(NC(=O)OCC2c3ccccc3-c3ccccc32)C1)N[C@@H]1CCC[C@@H]1C(=O)O. The van der Waals surface area contributed by atoms with Crippen molar-refractivity contribution in [3.8, 4) is 11.1 Å². The van der Waals surface area contributed by atoms with E-state index in [9.17, 15) is 19.5 Å². The number of alkyl carbamates (subject to hydrolysis) is 1. The summed E-state index contributed by atoms with van der Waals surface area (Å²) in [7, 11) is 0. The molecule has 0 bridgehead atoms. The molecule has 0 aromatic heterocycles. The molecule has 2 amide bonds. The smallest absolute Gasteiger partial charge is 0.407 e. The number of fused-ring (bicyclic) bond motifs is 3. The maximum Gasteiger partial charge on any atom is 0.407 e. The molecule has 3 N–H and O–H groups in total. The van der Waals surface area contributed by atoms with Crippen LogP contribution < -0.4 is 10.6 Å². The van der Waals surface area contributed by atoms with E-state index in [1.165, 1.54) is 22.3 Å². The van der Waals surface area contributed by atoms with Crippen LogP contribution in [-0.4, -0.2) is 41.8 Å². The molecule has 0 heterocycles. The van der Waals surface area contributed by atoms with Crippen LogP contribution in [0.5, 0.6) is 0 Å². The molecule has 0 spiro atoms. The molecular formula is C27H30N2O5. The Morgan fingerprint density at radius 3 is 2.21 bits per heavy atom. The predicted molar refractivity (Wildman–Crippen MR) is 126 cm³/mol. The number of hydrogen-bond acceptors (Lipinski definition) is 4. The number of nitrogens with one attached hydrogen (secondary N) is 2. The summed E-state index contributed by atoms with van der Waals surface area (Å²) in [5, 5.41) is 15.1. The highest BCUT2D eigenvalue weighted by Crippen LogP contribution is 2.44. The molecule has 2 aromatic rings. The minimum absolute atomic E-state index is 0.00620. The van der Waals surface area contributed by atoms with Crippen molar-refractivity contribution >= 4 is 18.0 Å². The van der Waals surface area contributed by atoms with Crippen molar-refractivity contribution in [3.05, 3.63) is 59.7 Å². The summed E-state index contributed by atoms with van der Waals surface area (Å²) in [6.07, 6.45) is 3.57. The molecule has 7 nitrogen and oxygen atoms in total. The largest absolute Gasteiger partial charge is 0.481 e. The summed E-state index contributed by atoms with van der Waals surface area (Å²) in [4.78, 5) is 36.0. The van der Waals surface area contributed by atoms with E-state index in [-0.39, 0.29) is 36.4 Å². The van der Waals surface area contributed by atoms with Gasteiger partial charge in [-0.25, -0.2) is 4.79 Å². The van der Waals surface area contributed by atoms with Crippen LogP contribution in [0.3, 0.4) is 0 Å². The van der Waals surface area contributed by atoms with Gasteiger partial charge in [0.05, 0.1) is 5.92 Å². The van der Waals surface area contributed by atoms with Crippen LogP contribution in [0.1, 0.15) is 55.6 Å². The zero-order valence-electron chi connectivity index (χ0n) is 19.0. The molecule has 2 fully saturated rings. The minimum atomic E-state index is -0.834. The van der Waals surface area contributed by atoms with Gasteiger partial charge in [0.25, 0.3) is 0 Å². The van der Waals surface area contributed by atoms with Crippen LogP contribution in [0, 0.1) is 11.8 Å². The molecule has 5 rings (SSSR count). The Bertz CT molecular complexity index is 1050. The Hall–Kier alpha value is -3.35. The van der Waals surface area contributed by atoms with Gasteiger partial charge in [0.1, 0.15) is 6.61 Å². The van der Waals surface area contributed by atoms with E-state index < -0.39 is 18.0 Å². The Morgan fingerprint density at radius 2 is 1.56 bits per heavy atom. The number of hydrogen-bond donors (Lipinski definition) is 3. The summed E-state index contributed by atoms with van der Waals surface area (Å²) in [5.41, 5.74) is 4.75. The number of rotatable bonds is 7. The van der Waals surface area contributed by atoms with Gasteiger partial charge in [0, 0.05) is 24.4 Å². The second-order valence-corrected chi connectivity index (χ2v) is 9.76. The van der Waals surface area contributed by atoms with Crippen LogP contribution in [0.4, 0.5) is 4.79 Å². The van der Waals surface area contributed by atoms with E-state index in [0.29, 0.717) is 12.8 Å². The molecule has 3 aliphatic carbocycles. The normalized spacial score (nSPS) is 25.1. The highest BCUT2D eigenvalue weighted by Gasteiger charge is 2.36. The zero-order chi connectivity index (χ0) is 23.7. The number of carboxylic acid groups (broad SMARTS) is 1. The van der Waals surface area contributed by atoms with Gasteiger partial charge in [-0.3, -0.25) is 9.59 Å². The monoisotopic (exact) mass is 462 g/mol. The van der Waals surface area contributed by atoms with E-state index in [1.54, 1.807) is 0 Å². The van der Waals surface area contributed by atoms with Crippen LogP contribution in [-0.2, 0) is 14.3 Å². The average molecular weight is 463 g/mol. The van der Waals surface area contributed by atoms with Crippen LogP contribution in [0.2, 0.25) is 0 Å². The van der Waals surface area contributed by atoms with Crippen LogP contribution in [0.15, 0.2) is 48.5 Å². The molecule has 7 heteroatoms. The lowest BCUT2D eigenvalue weighted by Gasteiger charge is -2.35. The summed E-state index contributed by atoms with van der Waals surface area (Å²) in [5.74, 6) is -1.18. The molecular weight excluding hydrogens is 432 g/mol. The van der Waals surface area contributed by atoms with Crippen molar-refractivity contribution < 1.29 is 24.2 Å². The number of carboxylic acids is 1. The topological polar surface area (TPSA) is 105 Å². The highest BCUT2D eigenvalue weighted by atomic mass is 16.5. The van der Waals surface area contributed by atoms with Crippen molar-refractivity contribution in [2.24, 2.45) is 11.8 Å². The maximum absolute atomic E-state index is 12.4. The number of aliphatic carboxylic acids is 1. The molecule has 178 valence electrons. The molecule has 34 heavy (non-hydrogen) atoms. The van der Waals surface area contributed by atoms with Gasteiger partial charge in [-0.05, 0) is 53.9 Å². The van der Waals surface area contributed by atoms with Crippen LogP contribution >= 0.6 is 0 Å². The van der Waals surface area contributed by atoms with E-state index in [4.69, 9.17) is 4.74 Å². The third-order valence-electron chi connectivity index (χ3n) is 7.55. The number of carbonyl (C=O) groups excluding carboxylic acids is 2. The molecule has 2 aromatic carbocycles. The molecule has 0 saturated heterocycles. The van der Waals surface area contributed by atoms with Crippen molar-refractivity contribution in [3.63, 3.8) is 0 Å². The van der Waals surface area contributed by atoms with Gasteiger partial charge in [-0.15, -0.1) is 0 Å². The second-order valence-electron chi connectivity index (χ2n) is 9.76. The summed E-state index contributed by atoms with van der Waals surface area (Å²) < 4.78 is 5.60. The molecule has 0 aliphatic heterocycles. The molecule has 0 radical (unpaired) electrons. The van der Waals surface area contributed by atoms with Gasteiger partial charge in [-0.2, -0.15) is 0 Å². The van der Waals surface area contributed by atoms with Crippen molar-refractivity contribution in [1.29, 1.82) is 0 Å². The highest BCUT2D eigenvalue weighted by molar-refractivity contribution is 5.80. The first-order valence-corrected chi connectivity index (χ1v) is 12.1. The summed E-state index contributed by atoms with van der Waals surface area (Å²) in [6.45, 7) is 0.282. The first-order chi connectivity index (χ1) is 16.5. The number of benzene rings is 2. The molecule has 2 atom stereocenters. The second kappa shape index (κ2) is 9.49. The van der Waals surface area contributed by atoms with Gasteiger partial charge in [0.2, 0.25) is 5.91 Å². The van der Waals surface area contributed by atoms with Gasteiger partial charge in [-0.1, -0.05) is 55.0 Å². The first-order valence-electron chi connectivity index (χ1n) is 12.1. The number of amides is 2. The summed E-state index contributed by atoms with van der Waals surface area (Å²) >= 11 is 0. The lowest BCUT2D eigenvalue weighted by Crippen LogP contribution is -2.47. The van der Waals surface area contributed by atoms with Crippen molar-refractivity contribution in [1.82, 2.24) is 10.6 Å². The van der Waals surface area contributed by atoms with E-state index in [1.807, 2.05) is 24.3 Å². The maximum atomic E-state index is 12.4. The number of carbonyl (C=O) groups is 3. The average Bonchev–Trinajstić information content (AvgIpc) is 3.39. The lowest BCUT2D eigenvalue weighted by molar-refractivity contribution is -0.142. The minimum Gasteiger partial charge on any atom is -0.481 e. The van der Waals surface area contributed by atoms with Crippen molar-refractivity contribution in [2.45, 2.75) is 56.5 Å². The Balaban J connectivity index is 1.06. The Morgan fingerprint density at radius 1 is 0.912 bits per heavy atom. The quantitative estimate of drug-likeness (QED) is 0.576. The molecule has 3 aliphatic rings. The Labute approximate surface area is 198 Å². The van der Waals surface area contributed by atoms with Gasteiger partial charge in [0.15, 0.2) is 0 Å².